The summed E-state index contributed by atoms with van der Waals surface area (Å²) in [7, 11) is 0. The average molecular weight is 193 g/mol. The van der Waals surface area contributed by atoms with Crippen LogP contribution in [0.25, 0.3) is 0 Å². The Morgan fingerprint density at radius 2 is 2.00 bits per heavy atom. The van der Waals surface area contributed by atoms with Crippen LogP contribution in [0.15, 0.2) is 40.6 Å². The molecule has 0 aliphatic carbocycles. The lowest BCUT2D eigenvalue weighted by atomic mass is 10.2. The van der Waals surface area contributed by atoms with E-state index < -0.39 is 5.91 Å². The maximum Gasteiger partial charge on any atom is 0.241 e. The summed E-state index contributed by atoms with van der Waals surface area (Å²) in [5.74, 6) is -0.417. The topological polar surface area (TPSA) is 43.1 Å². The highest BCUT2D eigenvalue weighted by molar-refractivity contribution is 8.02. The molecule has 0 radical (unpaired) electrons. The van der Waals surface area contributed by atoms with Crippen molar-refractivity contribution in [3.63, 3.8) is 0 Å². The van der Waals surface area contributed by atoms with Crippen molar-refractivity contribution in [2.75, 3.05) is 0 Å². The van der Waals surface area contributed by atoms with Crippen LogP contribution in [-0.4, -0.2) is 5.91 Å². The van der Waals surface area contributed by atoms with Gasteiger partial charge in [0.05, 0.1) is 0 Å². The summed E-state index contributed by atoms with van der Waals surface area (Å²) < 4.78 is 0. The Kier molecular flexibility index (Phi) is 3.58. The van der Waals surface area contributed by atoms with Crippen molar-refractivity contribution in [1.82, 2.24) is 0 Å². The van der Waals surface area contributed by atoms with Crippen LogP contribution in [0.5, 0.6) is 0 Å². The highest BCUT2D eigenvalue weighted by Crippen LogP contribution is 2.18. The fraction of sp³-hybridized carbons (Fsp3) is 0.100. The summed E-state index contributed by atoms with van der Waals surface area (Å²) >= 11 is 1.48. The number of primary amides is 1. The minimum atomic E-state index is -0.417. The molecule has 1 rings (SSSR count). The molecular formula is C10H11NOS. The maximum absolute atomic E-state index is 10.4. The molecule has 0 aromatic heterocycles. The first-order chi connectivity index (χ1) is 6.18. The molecular weight excluding hydrogens is 182 g/mol. The van der Waals surface area contributed by atoms with Gasteiger partial charge in [-0.1, -0.05) is 29.5 Å². The lowest BCUT2D eigenvalue weighted by molar-refractivity contribution is -0.113. The average Bonchev–Trinajstić information content (AvgIpc) is 2.08. The standard InChI is InChI=1S/C10H11NOS/c1-8-2-4-9(5-3-8)13-7-6-10(11)12/h2-7H,1H3,(H2,11,12)/b7-6+. The van der Waals surface area contributed by atoms with E-state index in [1.54, 1.807) is 5.41 Å². The molecule has 0 aliphatic heterocycles. The summed E-state index contributed by atoms with van der Waals surface area (Å²) in [6.07, 6.45) is 1.35. The predicted octanol–water partition coefficient (Wildman–Crippen LogP) is 2.09. The third kappa shape index (κ3) is 3.80. The van der Waals surface area contributed by atoms with Crippen molar-refractivity contribution in [2.24, 2.45) is 5.73 Å². The molecule has 0 heterocycles. The number of carbonyl (C=O) groups excluding carboxylic acids is 1. The highest BCUT2D eigenvalue weighted by atomic mass is 32.2. The lowest BCUT2D eigenvalue weighted by Crippen LogP contribution is -2.04. The molecule has 1 amide bonds. The van der Waals surface area contributed by atoms with E-state index in [0.717, 1.165) is 4.90 Å². The van der Waals surface area contributed by atoms with Crippen molar-refractivity contribution in [3.05, 3.63) is 41.3 Å². The zero-order valence-electron chi connectivity index (χ0n) is 7.36. The highest BCUT2D eigenvalue weighted by Gasteiger charge is 1.89. The van der Waals surface area contributed by atoms with Crippen LogP contribution in [0.3, 0.4) is 0 Å². The molecule has 0 aliphatic rings. The van der Waals surface area contributed by atoms with Crippen LogP contribution >= 0.6 is 11.8 Å². The second kappa shape index (κ2) is 4.72. The zero-order valence-corrected chi connectivity index (χ0v) is 8.17. The summed E-state index contributed by atoms with van der Waals surface area (Å²) in [5.41, 5.74) is 6.17. The van der Waals surface area contributed by atoms with E-state index in [4.69, 9.17) is 5.73 Å². The van der Waals surface area contributed by atoms with Crippen LogP contribution in [-0.2, 0) is 4.79 Å². The van der Waals surface area contributed by atoms with Gasteiger partial charge in [0, 0.05) is 11.0 Å². The van der Waals surface area contributed by atoms with E-state index >= 15 is 0 Å². The van der Waals surface area contributed by atoms with E-state index in [1.807, 2.05) is 31.2 Å². The quantitative estimate of drug-likeness (QED) is 0.590. The number of benzene rings is 1. The fourth-order valence-corrected chi connectivity index (χ4v) is 1.45. The molecule has 68 valence electrons. The molecule has 13 heavy (non-hydrogen) atoms. The van der Waals surface area contributed by atoms with Gasteiger partial charge in [-0.15, -0.1) is 0 Å². The van der Waals surface area contributed by atoms with Crippen LogP contribution < -0.4 is 5.73 Å². The number of thioether (sulfide) groups is 1. The third-order valence-corrected chi connectivity index (χ3v) is 2.27. The van der Waals surface area contributed by atoms with E-state index in [-0.39, 0.29) is 0 Å². The van der Waals surface area contributed by atoms with Crippen molar-refractivity contribution < 1.29 is 4.79 Å². The Balaban J connectivity index is 2.55. The van der Waals surface area contributed by atoms with Crippen LogP contribution in [0.1, 0.15) is 5.56 Å². The van der Waals surface area contributed by atoms with E-state index in [0.29, 0.717) is 0 Å². The number of hydrogen-bond acceptors (Lipinski definition) is 2. The Hall–Kier alpha value is -1.22. The van der Waals surface area contributed by atoms with Gasteiger partial charge in [0.15, 0.2) is 0 Å². The number of nitrogens with two attached hydrogens (primary N) is 1. The minimum Gasteiger partial charge on any atom is -0.366 e. The van der Waals surface area contributed by atoms with Gasteiger partial charge in [-0.3, -0.25) is 4.79 Å². The predicted molar refractivity (Wildman–Crippen MR) is 55.4 cm³/mol. The first-order valence-corrected chi connectivity index (χ1v) is 4.76. The van der Waals surface area contributed by atoms with Crippen molar-refractivity contribution in [2.45, 2.75) is 11.8 Å². The minimum absolute atomic E-state index is 0.417. The van der Waals surface area contributed by atoms with E-state index in [9.17, 15) is 4.79 Å². The molecule has 2 nitrogen and oxygen atoms in total. The van der Waals surface area contributed by atoms with Gasteiger partial charge in [0.1, 0.15) is 0 Å². The molecule has 0 spiro atoms. The number of rotatable bonds is 3. The number of carbonyl (C=O) groups is 1. The molecule has 0 saturated carbocycles. The van der Waals surface area contributed by atoms with Crippen LogP contribution in [0, 0.1) is 6.92 Å². The Morgan fingerprint density at radius 1 is 1.38 bits per heavy atom. The number of amides is 1. The van der Waals surface area contributed by atoms with Crippen molar-refractivity contribution in [1.29, 1.82) is 0 Å². The molecule has 0 atom stereocenters. The number of hydrogen-bond donors (Lipinski definition) is 1. The smallest absolute Gasteiger partial charge is 0.241 e. The van der Waals surface area contributed by atoms with Gasteiger partial charge >= 0.3 is 0 Å². The van der Waals surface area contributed by atoms with Gasteiger partial charge in [0.25, 0.3) is 0 Å². The van der Waals surface area contributed by atoms with Crippen molar-refractivity contribution >= 4 is 17.7 Å². The second-order valence-corrected chi connectivity index (χ2v) is 3.62. The molecule has 0 bridgehead atoms. The molecule has 3 heteroatoms. The molecule has 1 aromatic rings. The maximum atomic E-state index is 10.4. The van der Waals surface area contributed by atoms with Gasteiger partial charge in [-0.25, -0.2) is 0 Å². The lowest BCUT2D eigenvalue weighted by Gasteiger charge is -1.95. The van der Waals surface area contributed by atoms with E-state index in [2.05, 4.69) is 0 Å². The molecule has 1 aromatic carbocycles. The van der Waals surface area contributed by atoms with Crippen molar-refractivity contribution in [3.8, 4) is 0 Å². The SMILES string of the molecule is Cc1ccc(S/C=C/C(N)=O)cc1. The Morgan fingerprint density at radius 3 is 2.54 bits per heavy atom. The van der Waals surface area contributed by atoms with Gasteiger partial charge in [-0.2, -0.15) is 0 Å². The molecule has 0 fully saturated rings. The molecule has 0 unspecified atom stereocenters. The summed E-state index contributed by atoms with van der Waals surface area (Å²) in [6.45, 7) is 2.04. The fourth-order valence-electron chi connectivity index (χ4n) is 0.796. The number of aryl methyl sites for hydroxylation is 1. The second-order valence-electron chi connectivity index (χ2n) is 2.64. The van der Waals surface area contributed by atoms with Gasteiger partial charge in [-0.05, 0) is 24.5 Å². The summed E-state index contributed by atoms with van der Waals surface area (Å²) in [5, 5.41) is 1.69. The van der Waals surface area contributed by atoms with Gasteiger partial charge < -0.3 is 5.73 Å². The summed E-state index contributed by atoms with van der Waals surface area (Å²) in [6, 6.07) is 8.07. The molecule has 2 N–H and O–H groups in total. The first kappa shape index (κ1) is 9.86. The van der Waals surface area contributed by atoms with Crippen LogP contribution in [0.2, 0.25) is 0 Å². The Labute approximate surface area is 81.8 Å². The largest absolute Gasteiger partial charge is 0.366 e. The monoisotopic (exact) mass is 193 g/mol. The third-order valence-electron chi connectivity index (χ3n) is 1.46. The van der Waals surface area contributed by atoms with Crippen LogP contribution in [0.4, 0.5) is 0 Å². The van der Waals surface area contributed by atoms with E-state index in [1.165, 1.54) is 23.4 Å². The Bertz CT molecular complexity index is 316. The first-order valence-electron chi connectivity index (χ1n) is 3.88. The van der Waals surface area contributed by atoms with Gasteiger partial charge in [0.2, 0.25) is 5.91 Å². The summed E-state index contributed by atoms with van der Waals surface area (Å²) in [4.78, 5) is 11.5. The normalized spacial score (nSPS) is 10.5. The molecule has 0 saturated heterocycles. The zero-order chi connectivity index (χ0) is 9.68.